The van der Waals surface area contributed by atoms with Gasteiger partial charge in [-0.2, -0.15) is 0 Å². The van der Waals surface area contributed by atoms with Crippen LogP contribution in [0.25, 0.3) is 0 Å². The smallest absolute Gasteiger partial charge is 0.462 e. The lowest BCUT2D eigenvalue weighted by Crippen LogP contribution is -2.30. The van der Waals surface area contributed by atoms with Crippen LogP contribution in [0.15, 0.2) is 170 Å². The first kappa shape index (κ1) is 100. The molecule has 3 N–H and O–H groups in total. The highest BCUT2D eigenvalue weighted by atomic mass is 31.2. The minimum atomic E-state index is -5.01. The molecule has 106 heavy (non-hydrogen) atoms. The molecule has 0 spiro atoms. The molecular formula is C87H142O17P2. The maximum absolute atomic E-state index is 13.1. The Hall–Kier alpha value is -5.58. The van der Waals surface area contributed by atoms with E-state index in [1.807, 2.05) is 12.2 Å². The lowest BCUT2D eigenvalue weighted by molar-refractivity contribution is -0.161. The Morgan fingerprint density at radius 1 is 0.274 bits per heavy atom. The normalized spacial score (nSPS) is 14.7. The van der Waals surface area contributed by atoms with Gasteiger partial charge in [-0.15, -0.1) is 0 Å². The van der Waals surface area contributed by atoms with Crippen LogP contribution in [-0.2, 0) is 65.4 Å². The van der Waals surface area contributed by atoms with Crippen molar-refractivity contribution < 1.29 is 80.2 Å². The Balaban J connectivity index is 5.45. The molecule has 0 saturated heterocycles. The first-order valence-electron chi connectivity index (χ1n) is 40.4. The van der Waals surface area contributed by atoms with Crippen LogP contribution in [0.4, 0.5) is 0 Å². The van der Waals surface area contributed by atoms with Crippen LogP contribution in [0.3, 0.4) is 0 Å². The molecule has 0 aromatic carbocycles. The number of aliphatic hydroxyl groups excluding tert-OH is 1. The van der Waals surface area contributed by atoms with Crippen LogP contribution in [0, 0.1) is 0 Å². The number of carbonyl (C=O) groups excluding carboxylic acids is 4. The van der Waals surface area contributed by atoms with Gasteiger partial charge in [-0.3, -0.25) is 37.3 Å². The minimum absolute atomic E-state index is 0.0484. The molecule has 0 bridgehead atoms. The molecule has 0 aliphatic rings. The average molecular weight is 1520 g/mol. The van der Waals surface area contributed by atoms with E-state index in [0.717, 1.165) is 186 Å². The number of phosphoric ester groups is 2. The Morgan fingerprint density at radius 2 is 0.500 bits per heavy atom. The molecule has 0 aromatic rings. The number of esters is 4. The number of phosphoric acid groups is 2. The van der Waals surface area contributed by atoms with E-state index in [1.165, 1.54) is 25.7 Å². The van der Waals surface area contributed by atoms with Crippen LogP contribution >= 0.6 is 15.6 Å². The minimum Gasteiger partial charge on any atom is -0.462 e. The van der Waals surface area contributed by atoms with E-state index >= 15 is 0 Å². The van der Waals surface area contributed by atoms with Gasteiger partial charge in [0, 0.05) is 25.7 Å². The highest BCUT2D eigenvalue weighted by molar-refractivity contribution is 7.47. The Bertz CT molecular complexity index is 2680. The SMILES string of the molecule is CC/C=C\C/C=C\C/C=C\C/C=C\C/C=C\CCCC(=O)OCC(COP(=O)(O)OCC(O)COP(=O)(O)OCC(COC(=O)CCCCCCCC/C=C\C/C=C\C/C=C\C/C=C\CC)OC(=O)CCCCCCC/C=C\CCCCCC)OC(=O)CCCCCC/C=C\C/C=C\C/C=C\C/C=C\CC. The number of ether oxygens (including phenoxy) is 4. The van der Waals surface area contributed by atoms with E-state index in [1.54, 1.807) is 0 Å². The van der Waals surface area contributed by atoms with Crippen LogP contribution in [0.5, 0.6) is 0 Å². The van der Waals surface area contributed by atoms with Gasteiger partial charge in [0.05, 0.1) is 26.4 Å². The second-order valence-corrected chi connectivity index (χ2v) is 29.1. The maximum Gasteiger partial charge on any atom is 0.472 e. The monoisotopic (exact) mass is 1520 g/mol. The average Bonchev–Trinajstić information content (AvgIpc) is 0.902. The van der Waals surface area contributed by atoms with E-state index in [2.05, 4.69) is 186 Å². The summed E-state index contributed by atoms with van der Waals surface area (Å²) in [7, 11) is -10.0. The summed E-state index contributed by atoms with van der Waals surface area (Å²) in [6, 6.07) is 0. The molecule has 17 nitrogen and oxygen atoms in total. The van der Waals surface area contributed by atoms with Crippen LogP contribution in [-0.4, -0.2) is 96.7 Å². The summed E-state index contributed by atoms with van der Waals surface area (Å²) in [5, 5.41) is 10.6. The summed E-state index contributed by atoms with van der Waals surface area (Å²) in [6.07, 6.45) is 91.9. The van der Waals surface area contributed by atoms with E-state index in [9.17, 15) is 43.2 Å². The summed E-state index contributed by atoms with van der Waals surface area (Å²) in [4.78, 5) is 73.1. The largest absolute Gasteiger partial charge is 0.472 e. The van der Waals surface area contributed by atoms with E-state index in [4.69, 9.17) is 37.0 Å². The second-order valence-electron chi connectivity index (χ2n) is 26.2. The third-order valence-electron chi connectivity index (χ3n) is 16.2. The standard InChI is InChI=1S/C87H142O17P2/c1-5-9-13-17-21-25-29-33-36-39-40-43-45-49-52-56-60-64-68-72-85(90)97-77-82(103-86(91)73-69-65-61-57-53-47-32-28-24-20-16-12-8-4)79-101-105(93,94)99-75-81(88)76-100-106(95,96)102-80-83(104-87(92)74-70-66-62-58-54-50-46-42-38-35-31-27-23-19-15-11-7-3)78-98-84(89)71-67-63-59-55-51-48-44-41-37-34-30-26-22-18-14-10-6-2/h9-11,13-15,21-23,25-28,32-38,40,43-44,46,48,50,55,59,81-83,88H,5-8,12,16-20,24,29-31,39,41-42,45,47,49,51-54,56-58,60-80H2,1-4H3,(H,93,94)(H,95,96)/b13-9-,14-10-,15-11-,25-21-,26-22-,27-23-,32-28-,36-33-,37-34-,38-35-,43-40-,48-44-,50-46-,59-55-. The molecule has 0 fully saturated rings. The topological polar surface area (TPSA) is 237 Å². The third kappa shape index (κ3) is 76.6. The van der Waals surface area contributed by atoms with E-state index < -0.39 is 97.5 Å². The number of aliphatic hydroxyl groups is 1. The van der Waals surface area contributed by atoms with Crippen molar-refractivity contribution in [2.45, 2.75) is 316 Å². The lowest BCUT2D eigenvalue weighted by Gasteiger charge is -2.21. The maximum atomic E-state index is 13.1. The van der Waals surface area contributed by atoms with Crippen LogP contribution in [0.2, 0.25) is 0 Å². The molecule has 5 atom stereocenters. The van der Waals surface area contributed by atoms with Gasteiger partial charge in [0.1, 0.15) is 19.3 Å². The quantitative estimate of drug-likeness (QED) is 0.0169. The predicted octanol–water partition coefficient (Wildman–Crippen LogP) is 23.8. The van der Waals surface area contributed by atoms with Gasteiger partial charge in [-0.25, -0.2) is 9.13 Å². The van der Waals surface area contributed by atoms with Gasteiger partial charge in [0.25, 0.3) is 0 Å². The van der Waals surface area contributed by atoms with Gasteiger partial charge in [0.15, 0.2) is 12.2 Å². The van der Waals surface area contributed by atoms with Crippen molar-refractivity contribution in [3.8, 4) is 0 Å². The number of hydrogen-bond acceptors (Lipinski definition) is 15. The number of rotatable bonds is 74. The van der Waals surface area contributed by atoms with Gasteiger partial charge in [-0.1, -0.05) is 275 Å². The number of hydrogen-bond donors (Lipinski definition) is 3. The molecular weight excluding hydrogens is 1380 g/mol. The van der Waals surface area contributed by atoms with Gasteiger partial charge in [-0.05, 0) is 167 Å². The van der Waals surface area contributed by atoms with Gasteiger partial charge < -0.3 is 33.8 Å². The summed E-state index contributed by atoms with van der Waals surface area (Å²) < 4.78 is 68.6. The fourth-order valence-corrected chi connectivity index (χ4v) is 11.7. The number of unbranched alkanes of at least 4 members (excludes halogenated alkanes) is 20. The zero-order valence-electron chi connectivity index (χ0n) is 65.8. The summed E-state index contributed by atoms with van der Waals surface area (Å²) in [5.41, 5.74) is 0. The molecule has 5 unspecified atom stereocenters. The summed E-state index contributed by atoms with van der Waals surface area (Å²) in [5.74, 6) is -2.30. The number of carbonyl (C=O) groups is 4. The van der Waals surface area contributed by atoms with Crippen molar-refractivity contribution in [3.05, 3.63) is 170 Å². The fraction of sp³-hybridized carbons (Fsp3) is 0.632. The van der Waals surface area contributed by atoms with Crippen molar-refractivity contribution >= 4 is 39.5 Å². The zero-order valence-corrected chi connectivity index (χ0v) is 67.6. The summed E-state index contributed by atoms with van der Waals surface area (Å²) >= 11 is 0. The molecule has 0 aliphatic carbocycles. The van der Waals surface area contributed by atoms with Crippen LogP contribution in [0.1, 0.15) is 297 Å². The van der Waals surface area contributed by atoms with Gasteiger partial charge >= 0.3 is 39.5 Å². The van der Waals surface area contributed by atoms with E-state index in [-0.39, 0.29) is 25.7 Å². The fourth-order valence-electron chi connectivity index (χ4n) is 10.1. The van der Waals surface area contributed by atoms with Gasteiger partial charge in [0.2, 0.25) is 0 Å². The molecule has 602 valence electrons. The Labute approximate surface area is 642 Å². The van der Waals surface area contributed by atoms with Crippen molar-refractivity contribution in [1.82, 2.24) is 0 Å². The molecule has 0 rings (SSSR count). The number of allylic oxidation sites excluding steroid dienone is 28. The molecule has 0 radical (unpaired) electrons. The molecule has 19 heteroatoms. The first-order chi connectivity index (χ1) is 51.7. The first-order valence-corrected chi connectivity index (χ1v) is 43.4. The molecule has 0 saturated carbocycles. The Kier molecular flexibility index (Phi) is 73.5. The predicted molar refractivity (Wildman–Crippen MR) is 436 cm³/mol. The highest BCUT2D eigenvalue weighted by Gasteiger charge is 2.30. The molecule has 0 aliphatic heterocycles. The molecule has 0 heterocycles. The molecule has 0 amide bonds. The van der Waals surface area contributed by atoms with Crippen molar-refractivity contribution in [2.75, 3.05) is 39.6 Å². The lowest BCUT2D eigenvalue weighted by atomic mass is 10.1. The van der Waals surface area contributed by atoms with Crippen molar-refractivity contribution in [2.24, 2.45) is 0 Å². The Morgan fingerprint density at radius 3 is 0.802 bits per heavy atom. The van der Waals surface area contributed by atoms with Crippen LogP contribution < -0.4 is 0 Å². The highest BCUT2D eigenvalue weighted by Crippen LogP contribution is 2.45. The zero-order chi connectivity index (χ0) is 77.4. The van der Waals surface area contributed by atoms with Crippen molar-refractivity contribution in [3.63, 3.8) is 0 Å². The molecule has 0 aromatic heterocycles. The summed E-state index contributed by atoms with van der Waals surface area (Å²) in [6.45, 7) is 4.39. The van der Waals surface area contributed by atoms with E-state index in [0.29, 0.717) is 32.1 Å². The second kappa shape index (κ2) is 77.6. The third-order valence-corrected chi connectivity index (χ3v) is 18.1. The van der Waals surface area contributed by atoms with Crippen molar-refractivity contribution in [1.29, 1.82) is 0 Å².